The molecule has 0 aliphatic carbocycles. The van der Waals surface area contributed by atoms with Crippen molar-refractivity contribution in [3.05, 3.63) is 0 Å². The van der Waals surface area contributed by atoms with Gasteiger partial charge in [0.1, 0.15) is 0 Å². The Bertz CT molecular complexity index is 225. The molecule has 0 aromatic heterocycles. The number of imide groups is 1. The molecule has 16 heavy (non-hydrogen) atoms. The Morgan fingerprint density at radius 2 is 1.38 bits per heavy atom. The van der Waals surface area contributed by atoms with Crippen LogP contribution in [-0.2, 0) is 9.59 Å². The summed E-state index contributed by atoms with van der Waals surface area (Å²) in [6.07, 6.45) is 7.54. The SMILES string of the molecule is NCCCCCCCCN1C(=O)CCC1=O. The number of rotatable bonds is 8. The van der Waals surface area contributed by atoms with Crippen molar-refractivity contribution in [1.82, 2.24) is 4.90 Å². The fourth-order valence-corrected chi connectivity index (χ4v) is 1.99. The minimum atomic E-state index is 0.00753. The van der Waals surface area contributed by atoms with Crippen LogP contribution in [0.2, 0.25) is 0 Å². The number of unbranched alkanes of at least 4 members (excludes halogenated alkanes) is 5. The molecular formula is C12H22N2O2. The number of carbonyl (C=O) groups is 2. The maximum absolute atomic E-state index is 11.3. The number of nitrogens with two attached hydrogens (primary N) is 1. The minimum Gasteiger partial charge on any atom is -0.330 e. The number of likely N-dealkylation sites (tertiary alicyclic amines) is 1. The van der Waals surface area contributed by atoms with Gasteiger partial charge in [0.25, 0.3) is 0 Å². The van der Waals surface area contributed by atoms with E-state index < -0.39 is 0 Å². The molecule has 2 N–H and O–H groups in total. The van der Waals surface area contributed by atoms with Gasteiger partial charge in [0.2, 0.25) is 11.8 Å². The average molecular weight is 226 g/mol. The third-order valence-corrected chi connectivity index (χ3v) is 2.99. The first kappa shape index (κ1) is 13.2. The Kier molecular flexibility index (Phi) is 6.08. The molecule has 1 saturated heterocycles. The number of amides is 2. The predicted molar refractivity (Wildman–Crippen MR) is 62.7 cm³/mol. The molecule has 92 valence electrons. The first-order chi connectivity index (χ1) is 7.75. The smallest absolute Gasteiger partial charge is 0.229 e. The van der Waals surface area contributed by atoms with Gasteiger partial charge in [-0.1, -0.05) is 25.7 Å². The van der Waals surface area contributed by atoms with E-state index in [1.807, 2.05) is 0 Å². The fourth-order valence-electron chi connectivity index (χ4n) is 1.99. The Labute approximate surface area is 97.2 Å². The van der Waals surface area contributed by atoms with Crippen molar-refractivity contribution in [1.29, 1.82) is 0 Å². The van der Waals surface area contributed by atoms with Gasteiger partial charge in [-0.05, 0) is 19.4 Å². The molecule has 1 aliphatic rings. The van der Waals surface area contributed by atoms with Gasteiger partial charge >= 0.3 is 0 Å². The highest BCUT2D eigenvalue weighted by atomic mass is 16.2. The van der Waals surface area contributed by atoms with Gasteiger partial charge in [0.15, 0.2) is 0 Å². The van der Waals surface area contributed by atoms with E-state index in [0.29, 0.717) is 19.4 Å². The van der Waals surface area contributed by atoms with Gasteiger partial charge in [-0.15, -0.1) is 0 Å². The topological polar surface area (TPSA) is 63.4 Å². The first-order valence-electron chi connectivity index (χ1n) is 6.29. The molecule has 0 spiro atoms. The number of nitrogens with zero attached hydrogens (tertiary/aromatic N) is 1. The summed E-state index contributed by atoms with van der Waals surface area (Å²) in [5.41, 5.74) is 5.40. The highest BCUT2D eigenvalue weighted by Gasteiger charge is 2.27. The van der Waals surface area contributed by atoms with E-state index in [1.54, 1.807) is 0 Å². The van der Waals surface area contributed by atoms with Crippen LogP contribution in [0.4, 0.5) is 0 Å². The third kappa shape index (κ3) is 4.31. The molecule has 4 heteroatoms. The third-order valence-electron chi connectivity index (χ3n) is 2.99. The number of carbonyl (C=O) groups excluding carboxylic acids is 2. The number of hydrogen-bond acceptors (Lipinski definition) is 3. The van der Waals surface area contributed by atoms with Crippen molar-refractivity contribution >= 4 is 11.8 Å². The van der Waals surface area contributed by atoms with Crippen LogP contribution in [-0.4, -0.2) is 29.8 Å². The van der Waals surface area contributed by atoms with Crippen molar-refractivity contribution in [2.75, 3.05) is 13.1 Å². The van der Waals surface area contributed by atoms with E-state index in [1.165, 1.54) is 24.2 Å². The van der Waals surface area contributed by atoms with Crippen molar-refractivity contribution in [3.63, 3.8) is 0 Å². The van der Waals surface area contributed by atoms with Crippen LogP contribution in [0.5, 0.6) is 0 Å². The lowest BCUT2D eigenvalue weighted by atomic mass is 10.1. The number of hydrogen-bond donors (Lipinski definition) is 1. The van der Waals surface area contributed by atoms with Crippen molar-refractivity contribution in [2.24, 2.45) is 5.73 Å². The second kappa shape index (κ2) is 7.39. The van der Waals surface area contributed by atoms with Crippen LogP contribution in [0, 0.1) is 0 Å². The molecule has 4 nitrogen and oxygen atoms in total. The Morgan fingerprint density at radius 1 is 0.875 bits per heavy atom. The van der Waals surface area contributed by atoms with Gasteiger partial charge in [-0.3, -0.25) is 14.5 Å². The summed E-state index contributed by atoms with van der Waals surface area (Å²) in [7, 11) is 0. The van der Waals surface area contributed by atoms with Crippen molar-refractivity contribution in [2.45, 2.75) is 51.4 Å². The summed E-state index contributed by atoms with van der Waals surface area (Å²) < 4.78 is 0. The van der Waals surface area contributed by atoms with Gasteiger partial charge in [-0.25, -0.2) is 0 Å². The maximum atomic E-state index is 11.3. The first-order valence-corrected chi connectivity index (χ1v) is 6.29. The lowest BCUT2D eigenvalue weighted by Crippen LogP contribution is -2.29. The van der Waals surface area contributed by atoms with Crippen LogP contribution in [0.25, 0.3) is 0 Å². The highest BCUT2D eigenvalue weighted by Crippen LogP contribution is 2.13. The molecule has 0 bridgehead atoms. The molecule has 0 aromatic rings. The van der Waals surface area contributed by atoms with Crippen LogP contribution in [0.3, 0.4) is 0 Å². The minimum absolute atomic E-state index is 0.00753. The average Bonchev–Trinajstić information content (AvgIpc) is 2.59. The molecule has 2 amide bonds. The second-order valence-corrected chi connectivity index (χ2v) is 4.35. The fraction of sp³-hybridized carbons (Fsp3) is 0.833. The zero-order chi connectivity index (χ0) is 11.8. The molecule has 0 radical (unpaired) electrons. The van der Waals surface area contributed by atoms with Crippen LogP contribution in [0.1, 0.15) is 51.4 Å². The van der Waals surface area contributed by atoms with E-state index in [9.17, 15) is 9.59 Å². The van der Waals surface area contributed by atoms with Crippen molar-refractivity contribution in [3.8, 4) is 0 Å². The molecular weight excluding hydrogens is 204 g/mol. The van der Waals surface area contributed by atoms with Crippen LogP contribution >= 0.6 is 0 Å². The van der Waals surface area contributed by atoms with E-state index in [0.717, 1.165) is 25.8 Å². The molecule has 0 saturated carbocycles. The standard InChI is InChI=1S/C12H22N2O2/c13-9-5-3-1-2-4-6-10-14-11(15)7-8-12(14)16/h1-10,13H2. The van der Waals surface area contributed by atoms with Crippen LogP contribution < -0.4 is 5.73 Å². The van der Waals surface area contributed by atoms with E-state index in [2.05, 4.69) is 0 Å². The Balaban J connectivity index is 1.98. The molecule has 0 unspecified atom stereocenters. The van der Waals surface area contributed by atoms with Gasteiger partial charge in [0, 0.05) is 19.4 Å². The molecule has 1 fully saturated rings. The van der Waals surface area contributed by atoms with Crippen LogP contribution in [0.15, 0.2) is 0 Å². The Hall–Kier alpha value is -0.900. The summed E-state index contributed by atoms with van der Waals surface area (Å²) in [5.74, 6) is 0.0151. The summed E-state index contributed by atoms with van der Waals surface area (Å²) in [6.45, 7) is 1.39. The Morgan fingerprint density at radius 3 is 1.94 bits per heavy atom. The monoisotopic (exact) mass is 226 g/mol. The molecule has 1 heterocycles. The molecule has 1 rings (SSSR count). The quantitative estimate of drug-likeness (QED) is 0.503. The van der Waals surface area contributed by atoms with E-state index in [-0.39, 0.29) is 11.8 Å². The molecule has 1 aliphatic heterocycles. The zero-order valence-corrected chi connectivity index (χ0v) is 9.91. The van der Waals surface area contributed by atoms with E-state index in [4.69, 9.17) is 5.73 Å². The summed E-state index contributed by atoms with van der Waals surface area (Å²) >= 11 is 0. The largest absolute Gasteiger partial charge is 0.330 e. The van der Waals surface area contributed by atoms with Gasteiger partial charge in [-0.2, -0.15) is 0 Å². The highest BCUT2D eigenvalue weighted by molar-refractivity contribution is 6.01. The van der Waals surface area contributed by atoms with Crippen molar-refractivity contribution < 1.29 is 9.59 Å². The maximum Gasteiger partial charge on any atom is 0.229 e. The lowest BCUT2D eigenvalue weighted by molar-refractivity contribution is -0.138. The summed E-state index contributed by atoms with van der Waals surface area (Å²) in [5, 5.41) is 0. The lowest BCUT2D eigenvalue weighted by Gasteiger charge is -2.12. The van der Waals surface area contributed by atoms with E-state index >= 15 is 0 Å². The predicted octanol–water partition coefficient (Wildman–Crippen LogP) is 1.43. The zero-order valence-electron chi connectivity index (χ0n) is 9.91. The summed E-state index contributed by atoms with van der Waals surface area (Å²) in [4.78, 5) is 24.0. The van der Waals surface area contributed by atoms with Gasteiger partial charge in [0.05, 0.1) is 0 Å². The molecule has 0 atom stereocenters. The van der Waals surface area contributed by atoms with Gasteiger partial charge < -0.3 is 5.73 Å². The normalized spacial score (nSPS) is 16.2. The molecule has 0 aromatic carbocycles. The summed E-state index contributed by atoms with van der Waals surface area (Å²) in [6, 6.07) is 0. The second-order valence-electron chi connectivity index (χ2n) is 4.35.